The second-order valence-electron chi connectivity index (χ2n) is 6.57. The second-order valence-corrected chi connectivity index (χ2v) is 9.87. The Morgan fingerprint density at radius 3 is 1.46 bits per heavy atom. The molecule has 0 atom stereocenters. The van der Waals surface area contributed by atoms with E-state index in [4.69, 9.17) is 4.43 Å². The molecule has 0 saturated carbocycles. The Hall–Kier alpha value is -3.43. The SMILES string of the molecule is O=Cc1cccc(O[Si](c2ccccc2)(c2ccccc2)c2ccccc2)c1. The third-order valence-corrected chi connectivity index (χ3v) is 8.79. The molecule has 4 rings (SSSR count). The van der Waals surface area contributed by atoms with Gasteiger partial charge in [-0.25, -0.2) is 0 Å². The van der Waals surface area contributed by atoms with Gasteiger partial charge >= 0.3 is 8.32 Å². The van der Waals surface area contributed by atoms with Crippen LogP contribution in [0.3, 0.4) is 0 Å². The van der Waals surface area contributed by atoms with Crippen LogP contribution < -0.4 is 20.0 Å². The summed E-state index contributed by atoms with van der Waals surface area (Å²) in [7, 11) is -2.82. The van der Waals surface area contributed by atoms with Gasteiger partial charge < -0.3 is 4.43 Å². The van der Waals surface area contributed by atoms with E-state index in [2.05, 4.69) is 36.4 Å². The summed E-state index contributed by atoms with van der Waals surface area (Å²) in [6, 6.07) is 38.5. The number of rotatable bonds is 6. The quantitative estimate of drug-likeness (QED) is 0.291. The van der Waals surface area contributed by atoms with Crippen LogP contribution in [0.1, 0.15) is 10.4 Å². The van der Waals surface area contributed by atoms with E-state index in [9.17, 15) is 4.79 Å². The van der Waals surface area contributed by atoms with Gasteiger partial charge in [0.2, 0.25) is 0 Å². The third kappa shape index (κ3) is 3.40. The Balaban J connectivity index is 1.99. The van der Waals surface area contributed by atoms with Crippen molar-refractivity contribution in [1.82, 2.24) is 0 Å². The summed E-state index contributed by atoms with van der Waals surface area (Å²) < 4.78 is 6.88. The molecule has 0 bridgehead atoms. The van der Waals surface area contributed by atoms with E-state index in [1.54, 1.807) is 6.07 Å². The second kappa shape index (κ2) is 8.07. The number of carbonyl (C=O) groups is 1. The van der Waals surface area contributed by atoms with Crippen LogP contribution in [0, 0.1) is 0 Å². The predicted octanol–water partition coefficient (Wildman–Crippen LogP) is 3.55. The van der Waals surface area contributed by atoms with Crippen LogP contribution in [-0.4, -0.2) is 14.6 Å². The number of aldehydes is 1. The fraction of sp³-hybridized carbons (Fsp3) is 0. The first-order valence-electron chi connectivity index (χ1n) is 9.24. The van der Waals surface area contributed by atoms with Gasteiger partial charge in [0.1, 0.15) is 12.0 Å². The highest BCUT2D eigenvalue weighted by molar-refractivity contribution is 7.07. The summed E-state index contributed by atoms with van der Waals surface area (Å²) in [5.41, 5.74) is 0.606. The summed E-state index contributed by atoms with van der Waals surface area (Å²) in [6.07, 6.45) is 0.851. The standard InChI is InChI=1S/C25H20O2Si/c26-20-21-11-10-12-22(19-21)27-28(23-13-4-1-5-14-23,24-15-6-2-7-16-24)25-17-8-3-9-18-25/h1-20H. The first kappa shape index (κ1) is 18.0. The molecule has 0 aromatic heterocycles. The molecule has 0 aliphatic rings. The van der Waals surface area contributed by atoms with Crippen LogP contribution in [0.5, 0.6) is 5.75 Å². The summed E-state index contributed by atoms with van der Waals surface area (Å²) in [5.74, 6) is 0.702. The maximum atomic E-state index is 11.3. The van der Waals surface area contributed by atoms with Crippen molar-refractivity contribution >= 4 is 30.2 Å². The van der Waals surface area contributed by atoms with Gasteiger partial charge in [0, 0.05) is 5.56 Å². The molecule has 0 radical (unpaired) electrons. The molecular formula is C25H20O2Si. The smallest absolute Gasteiger partial charge is 0.346 e. The molecule has 0 heterocycles. The summed E-state index contributed by atoms with van der Waals surface area (Å²) in [5, 5.41) is 3.47. The highest BCUT2D eigenvalue weighted by atomic mass is 28.4. The molecule has 0 fully saturated rings. The molecule has 0 aliphatic carbocycles. The van der Waals surface area contributed by atoms with Crippen LogP contribution in [-0.2, 0) is 0 Å². The maximum absolute atomic E-state index is 11.3. The van der Waals surface area contributed by atoms with Gasteiger partial charge in [-0.15, -0.1) is 0 Å². The zero-order valence-electron chi connectivity index (χ0n) is 15.4. The van der Waals surface area contributed by atoms with E-state index in [-0.39, 0.29) is 0 Å². The van der Waals surface area contributed by atoms with Crippen LogP contribution in [0.4, 0.5) is 0 Å². The average Bonchev–Trinajstić information content (AvgIpc) is 2.79. The largest absolute Gasteiger partial charge is 0.530 e. The van der Waals surface area contributed by atoms with Crippen molar-refractivity contribution in [2.45, 2.75) is 0 Å². The Morgan fingerprint density at radius 1 is 0.571 bits per heavy atom. The molecule has 2 nitrogen and oxygen atoms in total. The minimum atomic E-state index is -2.82. The fourth-order valence-corrected chi connectivity index (χ4v) is 7.34. The van der Waals surface area contributed by atoms with Crippen molar-refractivity contribution in [3.63, 3.8) is 0 Å². The lowest BCUT2D eigenvalue weighted by Crippen LogP contribution is -2.71. The van der Waals surface area contributed by atoms with E-state index in [1.165, 1.54) is 0 Å². The van der Waals surface area contributed by atoms with Gasteiger partial charge in [-0.2, -0.15) is 0 Å². The number of hydrogen-bond acceptors (Lipinski definition) is 2. The Kier molecular flexibility index (Phi) is 5.17. The molecule has 0 saturated heterocycles. The highest BCUT2D eigenvalue weighted by Gasteiger charge is 2.43. The van der Waals surface area contributed by atoms with Crippen LogP contribution >= 0.6 is 0 Å². The van der Waals surface area contributed by atoms with Crippen molar-refractivity contribution in [3.8, 4) is 5.75 Å². The first-order valence-corrected chi connectivity index (χ1v) is 11.1. The molecule has 4 aromatic rings. The maximum Gasteiger partial charge on any atom is 0.346 e. The zero-order chi connectivity index (χ0) is 19.2. The van der Waals surface area contributed by atoms with Gasteiger partial charge in [0.05, 0.1) is 0 Å². The third-order valence-electron chi connectivity index (χ3n) is 4.81. The summed E-state index contributed by atoms with van der Waals surface area (Å²) in [6.45, 7) is 0. The van der Waals surface area contributed by atoms with Crippen molar-refractivity contribution in [2.75, 3.05) is 0 Å². The topological polar surface area (TPSA) is 26.3 Å². The van der Waals surface area contributed by atoms with Crippen molar-refractivity contribution in [2.24, 2.45) is 0 Å². The van der Waals surface area contributed by atoms with E-state index in [1.807, 2.05) is 72.8 Å². The minimum Gasteiger partial charge on any atom is -0.530 e. The first-order chi connectivity index (χ1) is 13.8. The Labute approximate surface area is 166 Å². The van der Waals surface area contributed by atoms with Gasteiger partial charge in [-0.05, 0) is 27.7 Å². The lowest BCUT2D eigenvalue weighted by molar-refractivity contribution is 0.112. The Bertz CT molecular complexity index is 951. The van der Waals surface area contributed by atoms with E-state index < -0.39 is 8.32 Å². The average molecular weight is 381 g/mol. The molecule has 0 N–H and O–H groups in total. The van der Waals surface area contributed by atoms with Crippen LogP contribution in [0.2, 0.25) is 0 Å². The summed E-state index contributed by atoms with van der Waals surface area (Å²) in [4.78, 5) is 11.3. The molecular weight excluding hydrogens is 360 g/mol. The molecule has 4 aromatic carbocycles. The van der Waals surface area contributed by atoms with E-state index >= 15 is 0 Å². The number of benzene rings is 4. The number of carbonyl (C=O) groups excluding carboxylic acids is 1. The fourth-order valence-electron chi connectivity index (χ4n) is 3.52. The molecule has 0 amide bonds. The Morgan fingerprint density at radius 2 is 1.04 bits per heavy atom. The molecule has 28 heavy (non-hydrogen) atoms. The summed E-state index contributed by atoms with van der Waals surface area (Å²) >= 11 is 0. The zero-order valence-corrected chi connectivity index (χ0v) is 16.4. The highest BCUT2D eigenvalue weighted by Crippen LogP contribution is 2.18. The van der Waals surface area contributed by atoms with Gasteiger partial charge in [0.25, 0.3) is 0 Å². The van der Waals surface area contributed by atoms with Crippen molar-refractivity contribution in [3.05, 3.63) is 121 Å². The molecule has 0 spiro atoms. The lowest BCUT2D eigenvalue weighted by Gasteiger charge is -2.33. The van der Waals surface area contributed by atoms with Gasteiger partial charge in [-0.1, -0.05) is 103 Å². The van der Waals surface area contributed by atoms with Crippen LogP contribution in [0.25, 0.3) is 0 Å². The normalized spacial score (nSPS) is 11.0. The van der Waals surface area contributed by atoms with Crippen molar-refractivity contribution < 1.29 is 9.22 Å². The van der Waals surface area contributed by atoms with E-state index in [0.29, 0.717) is 11.3 Å². The lowest BCUT2D eigenvalue weighted by atomic mass is 10.2. The molecule has 0 aliphatic heterocycles. The van der Waals surface area contributed by atoms with E-state index in [0.717, 1.165) is 21.8 Å². The predicted molar refractivity (Wildman–Crippen MR) is 116 cm³/mol. The molecule has 3 heteroatoms. The van der Waals surface area contributed by atoms with Crippen LogP contribution in [0.15, 0.2) is 115 Å². The molecule has 136 valence electrons. The number of hydrogen-bond donors (Lipinski definition) is 0. The van der Waals surface area contributed by atoms with Gasteiger partial charge in [-0.3, -0.25) is 4.79 Å². The van der Waals surface area contributed by atoms with Crippen molar-refractivity contribution in [1.29, 1.82) is 0 Å². The monoisotopic (exact) mass is 380 g/mol. The van der Waals surface area contributed by atoms with Gasteiger partial charge in [0.15, 0.2) is 0 Å². The minimum absolute atomic E-state index is 0.606. The molecule has 0 unspecified atom stereocenters.